The third-order valence-electron chi connectivity index (χ3n) is 4.56. The van der Waals surface area contributed by atoms with Crippen LogP contribution >= 0.6 is 0 Å². The van der Waals surface area contributed by atoms with Crippen LogP contribution in [0.2, 0.25) is 0 Å². The van der Waals surface area contributed by atoms with Gasteiger partial charge in [0, 0.05) is 27.9 Å². The normalized spacial score (nSPS) is 13.4. The number of benzene rings is 3. The van der Waals surface area contributed by atoms with Crippen molar-refractivity contribution in [3.8, 4) is 0 Å². The number of allylic oxidation sites excluding steroid dienone is 1. The van der Waals surface area contributed by atoms with Gasteiger partial charge in [-0.3, -0.25) is 9.52 Å². The van der Waals surface area contributed by atoms with E-state index in [0.717, 1.165) is 11.0 Å². The van der Waals surface area contributed by atoms with Gasteiger partial charge in [-0.05, 0) is 43.5 Å². The summed E-state index contributed by atoms with van der Waals surface area (Å²) in [5.41, 5.74) is 3.26. The van der Waals surface area contributed by atoms with Crippen molar-refractivity contribution < 1.29 is 13.2 Å². The lowest BCUT2D eigenvalue weighted by Gasteiger charge is -2.12. The van der Waals surface area contributed by atoms with Gasteiger partial charge >= 0.3 is 0 Å². The molecule has 1 amide bonds. The van der Waals surface area contributed by atoms with Crippen LogP contribution in [0.25, 0.3) is 16.3 Å². The molecule has 0 aliphatic carbocycles. The molecule has 27 heavy (non-hydrogen) atoms. The zero-order valence-electron chi connectivity index (χ0n) is 14.9. The van der Waals surface area contributed by atoms with Crippen LogP contribution < -0.4 is 10.0 Å². The predicted molar refractivity (Wildman–Crippen MR) is 108 cm³/mol. The monoisotopic (exact) mass is 378 g/mol. The lowest BCUT2D eigenvalue weighted by Crippen LogP contribution is -2.13. The zero-order chi connectivity index (χ0) is 19.2. The molecule has 3 aromatic carbocycles. The SMILES string of the molecule is CC(C)=C1C(=O)Nc2ccc(NS(=O)(=O)c3cccc4ccccc34)cc21. The highest BCUT2D eigenvalue weighted by atomic mass is 32.2. The number of fused-ring (bicyclic) bond motifs is 2. The minimum atomic E-state index is -3.78. The average molecular weight is 378 g/mol. The number of sulfonamides is 1. The van der Waals surface area contributed by atoms with Gasteiger partial charge in [0.2, 0.25) is 0 Å². The van der Waals surface area contributed by atoms with Gasteiger partial charge in [0.05, 0.1) is 4.90 Å². The summed E-state index contributed by atoms with van der Waals surface area (Å²) in [5.74, 6) is -0.168. The quantitative estimate of drug-likeness (QED) is 0.664. The van der Waals surface area contributed by atoms with E-state index in [-0.39, 0.29) is 10.8 Å². The van der Waals surface area contributed by atoms with E-state index in [4.69, 9.17) is 0 Å². The van der Waals surface area contributed by atoms with Crippen molar-refractivity contribution in [1.29, 1.82) is 0 Å². The number of nitrogens with one attached hydrogen (secondary N) is 2. The number of hydrogen-bond donors (Lipinski definition) is 2. The Labute approximate surface area is 157 Å². The Morgan fingerprint density at radius 1 is 0.963 bits per heavy atom. The molecule has 5 nitrogen and oxygen atoms in total. The van der Waals surface area contributed by atoms with Crippen molar-refractivity contribution >= 4 is 43.7 Å². The molecule has 6 heteroatoms. The van der Waals surface area contributed by atoms with Gasteiger partial charge in [-0.15, -0.1) is 0 Å². The molecule has 0 spiro atoms. The molecule has 136 valence electrons. The molecule has 0 aromatic heterocycles. The summed E-state index contributed by atoms with van der Waals surface area (Å²) in [7, 11) is -3.78. The third kappa shape index (κ3) is 2.98. The Balaban J connectivity index is 1.77. The van der Waals surface area contributed by atoms with Crippen LogP contribution in [0.5, 0.6) is 0 Å². The summed E-state index contributed by atoms with van der Waals surface area (Å²) in [6.07, 6.45) is 0. The van der Waals surface area contributed by atoms with Gasteiger partial charge in [-0.25, -0.2) is 8.42 Å². The molecular formula is C21H18N2O3S. The number of rotatable bonds is 3. The molecule has 0 bridgehead atoms. The first-order valence-corrected chi connectivity index (χ1v) is 9.99. The maximum atomic E-state index is 13.0. The molecule has 0 radical (unpaired) electrons. The highest BCUT2D eigenvalue weighted by molar-refractivity contribution is 7.93. The summed E-state index contributed by atoms with van der Waals surface area (Å²) in [6.45, 7) is 3.72. The van der Waals surface area contributed by atoms with Crippen molar-refractivity contribution in [2.75, 3.05) is 10.0 Å². The molecule has 1 aliphatic rings. The minimum absolute atomic E-state index is 0.168. The molecule has 2 N–H and O–H groups in total. The van der Waals surface area contributed by atoms with E-state index >= 15 is 0 Å². The Morgan fingerprint density at radius 3 is 2.48 bits per heavy atom. The maximum Gasteiger partial charge on any atom is 0.262 e. The van der Waals surface area contributed by atoms with Gasteiger partial charge in [0.1, 0.15) is 0 Å². The molecule has 0 saturated heterocycles. The molecule has 1 aliphatic heterocycles. The Morgan fingerprint density at radius 2 is 1.70 bits per heavy atom. The van der Waals surface area contributed by atoms with Gasteiger partial charge in [-0.2, -0.15) is 0 Å². The first-order chi connectivity index (χ1) is 12.9. The first-order valence-electron chi connectivity index (χ1n) is 8.51. The fraction of sp³-hybridized carbons (Fsp3) is 0.0952. The zero-order valence-corrected chi connectivity index (χ0v) is 15.7. The third-order valence-corrected chi connectivity index (χ3v) is 5.99. The van der Waals surface area contributed by atoms with Gasteiger partial charge in [0.25, 0.3) is 15.9 Å². The molecule has 0 atom stereocenters. The smallest absolute Gasteiger partial charge is 0.262 e. The van der Waals surface area contributed by atoms with Gasteiger partial charge < -0.3 is 5.32 Å². The summed E-state index contributed by atoms with van der Waals surface area (Å²) in [5, 5.41) is 4.32. The lowest BCUT2D eigenvalue weighted by atomic mass is 10.0. The second-order valence-electron chi connectivity index (χ2n) is 6.67. The molecule has 0 fully saturated rings. The maximum absolute atomic E-state index is 13.0. The van der Waals surface area contributed by atoms with Gasteiger partial charge in [0.15, 0.2) is 0 Å². The summed E-state index contributed by atoms with van der Waals surface area (Å²) in [6, 6.07) is 17.6. The number of amides is 1. The van der Waals surface area contributed by atoms with Crippen molar-refractivity contribution in [3.05, 3.63) is 71.8 Å². The average Bonchev–Trinajstić information content (AvgIpc) is 2.96. The number of carbonyl (C=O) groups is 1. The Bertz CT molecular complexity index is 1220. The molecule has 3 aromatic rings. The second-order valence-corrected chi connectivity index (χ2v) is 8.32. The molecular weight excluding hydrogens is 360 g/mol. The van der Waals surface area contributed by atoms with Crippen LogP contribution in [0, 0.1) is 0 Å². The Hall–Kier alpha value is -3.12. The van der Waals surface area contributed by atoms with Crippen LogP contribution in [0.4, 0.5) is 11.4 Å². The number of anilines is 2. The topological polar surface area (TPSA) is 75.3 Å². The highest BCUT2D eigenvalue weighted by Gasteiger charge is 2.26. The van der Waals surface area contributed by atoms with Crippen LogP contribution in [0.15, 0.2) is 71.1 Å². The second kappa shape index (κ2) is 6.25. The minimum Gasteiger partial charge on any atom is -0.321 e. The number of hydrogen-bond acceptors (Lipinski definition) is 3. The van der Waals surface area contributed by atoms with Crippen molar-refractivity contribution in [1.82, 2.24) is 0 Å². The summed E-state index contributed by atoms with van der Waals surface area (Å²) in [4.78, 5) is 12.3. The van der Waals surface area contributed by atoms with Crippen LogP contribution in [0.1, 0.15) is 19.4 Å². The van der Waals surface area contributed by atoms with E-state index in [2.05, 4.69) is 10.0 Å². The van der Waals surface area contributed by atoms with E-state index in [1.54, 1.807) is 36.4 Å². The van der Waals surface area contributed by atoms with E-state index in [1.165, 1.54) is 0 Å². The largest absolute Gasteiger partial charge is 0.321 e. The highest BCUT2D eigenvalue weighted by Crippen LogP contribution is 2.36. The molecule has 1 heterocycles. The first kappa shape index (κ1) is 17.3. The van der Waals surface area contributed by atoms with Crippen molar-refractivity contribution in [2.45, 2.75) is 18.7 Å². The van der Waals surface area contributed by atoms with E-state index in [0.29, 0.717) is 27.9 Å². The molecule has 4 rings (SSSR count). The Kier molecular flexibility index (Phi) is 4.00. The van der Waals surface area contributed by atoms with E-state index in [9.17, 15) is 13.2 Å². The van der Waals surface area contributed by atoms with Crippen LogP contribution in [-0.2, 0) is 14.8 Å². The van der Waals surface area contributed by atoms with Gasteiger partial charge in [-0.1, -0.05) is 42.0 Å². The lowest BCUT2D eigenvalue weighted by molar-refractivity contribution is -0.110. The standard InChI is InChI=1S/C21H18N2O3S/c1-13(2)20-17-12-15(10-11-18(17)22-21(20)24)23-27(25,26)19-9-5-7-14-6-3-4-8-16(14)19/h3-12,23H,1-2H3,(H,22,24). The van der Waals surface area contributed by atoms with E-state index in [1.807, 2.05) is 38.1 Å². The fourth-order valence-electron chi connectivity index (χ4n) is 3.37. The van der Waals surface area contributed by atoms with Crippen molar-refractivity contribution in [2.24, 2.45) is 0 Å². The van der Waals surface area contributed by atoms with Crippen LogP contribution in [0.3, 0.4) is 0 Å². The summed E-state index contributed by atoms with van der Waals surface area (Å²) < 4.78 is 28.6. The predicted octanol–water partition coefficient (Wildman–Crippen LogP) is 4.39. The summed E-state index contributed by atoms with van der Waals surface area (Å²) >= 11 is 0. The fourth-order valence-corrected chi connectivity index (χ4v) is 4.65. The molecule has 0 unspecified atom stereocenters. The number of carbonyl (C=O) groups excluding carboxylic acids is 1. The molecule has 0 saturated carbocycles. The van der Waals surface area contributed by atoms with E-state index < -0.39 is 10.0 Å². The van der Waals surface area contributed by atoms with Crippen molar-refractivity contribution in [3.63, 3.8) is 0 Å². The van der Waals surface area contributed by atoms with Crippen LogP contribution in [-0.4, -0.2) is 14.3 Å².